The zero-order valence-corrected chi connectivity index (χ0v) is 11.5. The molecule has 0 bridgehead atoms. The molecule has 1 fully saturated rings. The van der Waals surface area contributed by atoms with Gasteiger partial charge in [-0.3, -0.25) is 0 Å². The van der Waals surface area contributed by atoms with Crippen LogP contribution in [0, 0.1) is 13.8 Å². The summed E-state index contributed by atoms with van der Waals surface area (Å²) in [5.41, 5.74) is 1.29. The highest BCUT2D eigenvalue weighted by atomic mass is 35.5. The maximum absolute atomic E-state index is 12.2. The van der Waals surface area contributed by atoms with E-state index in [-0.39, 0.29) is 0 Å². The number of hydrogen-bond donors (Lipinski definition) is 1. The molecule has 1 aromatic carbocycles. The number of halogens is 1. The number of sulfonamides is 1. The molecule has 0 unspecified atom stereocenters. The summed E-state index contributed by atoms with van der Waals surface area (Å²) < 4.78 is 27.2. The fourth-order valence-corrected chi connectivity index (χ4v) is 3.95. The predicted octanol–water partition coefficient (Wildman–Crippen LogP) is 2.35. The van der Waals surface area contributed by atoms with Crippen LogP contribution in [0.4, 0.5) is 0 Å². The Kier molecular flexibility index (Phi) is 3.23. The van der Waals surface area contributed by atoms with E-state index in [2.05, 4.69) is 4.72 Å². The lowest BCUT2D eigenvalue weighted by Crippen LogP contribution is -2.38. The van der Waals surface area contributed by atoms with Gasteiger partial charge in [-0.1, -0.05) is 12.1 Å². The molecule has 0 radical (unpaired) electrons. The zero-order valence-electron chi connectivity index (χ0n) is 9.96. The second kappa shape index (κ2) is 4.26. The molecule has 2 rings (SSSR count). The van der Waals surface area contributed by atoms with Crippen molar-refractivity contribution in [1.29, 1.82) is 0 Å². The van der Waals surface area contributed by atoms with E-state index < -0.39 is 15.6 Å². The number of rotatable bonds is 4. The van der Waals surface area contributed by atoms with Gasteiger partial charge in [-0.15, -0.1) is 11.6 Å². The smallest absolute Gasteiger partial charge is 0.207 e. The van der Waals surface area contributed by atoms with Crippen LogP contribution >= 0.6 is 11.6 Å². The van der Waals surface area contributed by atoms with Gasteiger partial charge in [0.2, 0.25) is 10.0 Å². The van der Waals surface area contributed by atoms with Crippen molar-refractivity contribution < 1.29 is 8.42 Å². The lowest BCUT2D eigenvalue weighted by Gasteiger charge is -2.16. The second-order valence-electron chi connectivity index (χ2n) is 4.79. The highest BCUT2D eigenvalue weighted by Gasteiger charge is 2.45. The molecule has 0 aliphatic heterocycles. The van der Waals surface area contributed by atoms with Crippen LogP contribution < -0.4 is 4.72 Å². The van der Waals surface area contributed by atoms with Gasteiger partial charge in [-0.25, -0.2) is 13.1 Å². The molecular weight excluding hydrogens is 258 g/mol. The maximum Gasteiger partial charge on any atom is 0.241 e. The summed E-state index contributed by atoms with van der Waals surface area (Å²) in [6, 6.07) is 5.43. The molecule has 5 heteroatoms. The van der Waals surface area contributed by atoms with Gasteiger partial charge in [0.15, 0.2) is 0 Å². The quantitative estimate of drug-likeness (QED) is 0.856. The Morgan fingerprint density at radius 3 is 2.53 bits per heavy atom. The van der Waals surface area contributed by atoms with Crippen molar-refractivity contribution in [3.63, 3.8) is 0 Å². The minimum absolute atomic E-state index is 0.330. The Morgan fingerprint density at radius 1 is 1.35 bits per heavy atom. The Hall–Kier alpha value is -0.580. The SMILES string of the molecule is Cc1ccc(C)c(S(=O)(=O)NC2(CCl)CC2)c1. The lowest BCUT2D eigenvalue weighted by atomic mass is 10.2. The van der Waals surface area contributed by atoms with Crippen molar-refractivity contribution in [2.45, 2.75) is 37.1 Å². The summed E-state index contributed by atoms with van der Waals surface area (Å²) in [5, 5.41) is 0. The molecule has 0 amide bonds. The van der Waals surface area contributed by atoms with Gasteiger partial charge in [0, 0.05) is 11.4 Å². The molecule has 1 aliphatic carbocycles. The third-order valence-corrected chi connectivity index (χ3v) is 5.33. The molecule has 0 aromatic heterocycles. The van der Waals surface area contributed by atoms with Crippen LogP contribution in [-0.2, 0) is 10.0 Å². The molecule has 0 saturated heterocycles. The molecule has 1 aliphatic rings. The van der Waals surface area contributed by atoms with Crippen molar-refractivity contribution in [3.8, 4) is 0 Å². The summed E-state index contributed by atoms with van der Waals surface area (Å²) in [4.78, 5) is 0.355. The van der Waals surface area contributed by atoms with Gasteiger partial charge in [-0.05, 0) is 43.9 Å². The van der Waals surface area contributed by atoms with E-state index in [0.29, 0.717) is 10.8 Å². The Bertz CT molecular complexity index is 535. The van der Waals surface area contributed by atoms with Crippen LogP contribution in [0.5, 0.6) is 0 Å². The Morgan fingerprint density at radius 2 is 2.00 bits per heavy atom. The van der Waals surface area contributed by atoms with Crippen LogP contribution in [0.2, 0.25) is 0 Å². The standard InChI is InChI=1S/C12H16ClNO2S/c1-9-3-4-10(2)11(7-9)17(15,16)14-12(8-13)5-6-12/h3-4,7,14H,5-6,8H2,1-2H3. The largest absolute Gasteiger partial charge is 0.241 e. The summed E-state index contributed by atoms with van der Waals surface area (Å²) in [5.74, 6) is 0.330. The first-order valence-corrected chi connectivity index (χ1v) is 7.58. The van der Waals surface area contributed by atoms with Crippen LogP contribution in [-0.4, -0.2) is 19.8 Å². The molecule has 1 N–H and O–H groups in total. The first-order chi connectivity index (χ1) is 7.88. The molecule has 94 valence electrons. The third kappa shape index (κ3) is 2.64. The van der Waals surface area contributed by atoms with E-state index >= 15 is 0 Å². The molecule has 0 spiro atoms. The van der Waals surface area contributed by atoms with Crippen molar-refractivity contribution in [3.05, 3.63) is 29.3 Å². The Labute approximate surface area is 107 Å². The van der Waals surface area contributed by atoms with Crippen LogP contribution in [0.1, 0.15) is 24.0 Å². The third-order valence-electron chi connectivity index (χ3n) is 3.09. The number of aryl methyl sites for hydroxylation is 2. The molecule has 3 nitrogen and oxygen atoms in total. The number of benzene rings is 1. The summed E-state index contributed by atoms with van der Waals surface area (Å²) in [6.07, 6.45) is 1.64. The van der Waals surface area contributed by atoms with E-state index in [4.69, 9.17) is 11.6 Å². The second-order valence-corrected chi connectivity index (χ2v) is 6.71. The van der Waals surface area contributed by atoms with Crippen molar-refractivity contribution in [1.82, 2.24) is 4.72 Å². The predicted molar refractivity (Wildman–Crippen MR) is 68.9 cm³/mol. The summed E-state index contributed by atoms with van der Waals surface area (Å²) in [6.45, 7) is 3.68. The van der Waals surface area contributed by atoms with Gasteiger partial charge in [0.25, 0.3) is 0 Å². The molecule has 1 saturated carbocycles. The highest BCUT2D eigenvalue weighted by Crippen LogP contribution is 2.38. The number of alkyl halides is 1. The van der Waals surface area contributed by atoms with Crippen molar-refractivity contribution in [2.75, 3.05) is 5.88 Å². The van der Waals surface area contributed by atoms with E-state index in [1.54, 1.807) is 13.0 Å². The highest BCUT2D eigenvalue weighted by molar-refractivity contribution is 7.89. The fourth-order valence-electron chi connectivity index (χ4n) is 1.75. The summed E-state index contributed by atoms with van der Waals surface area (Å²) >= 11 is 5.79. The van der Waals surface area contributed by atoms with Crippen LogP contribution in [0.25, 0.3) is 0 Å². The first-order valence-electron chi connectivity index (χ1n) is 5.56. The monoisotopic (exact) mass is 273 g/mol. The lowest BCUT2D eigenvalue weighted by molar-refractivity contribution is 0.559. The van der Waals surface area contributed by atoms with Gasteiger partial charge in [0.1, 0.15) is 0 Å². The molecular formula is C12H16ClNO2S. The average molecular weight is 274 g/mol. The zero-order chi connectivity index (χ0) is 12.7. The molecule has 17 heavy (non-hydrogen) atoms. The Balaban J connectivity index is 2.35. The van der Waals surface area contributed by atoms with E-state index in [1.165, 1.54) is 0 Å². The van der Waals surface area contributed by atoms with Gasteiger partial charge in [-0.2, -0.15) is 0 Å². The minimum atomic E-state index is -3.46. The normalized spacial score (nSPS) is 18.1. The average Bonchev–Trinajstić information content (AvgIpc) is 3.01. The molecule has 0 heterocycles. The van der Waals surface area contributed by atoms with Gasteiger partial charge >= 0.3 is 0 Å². The van der Waals surface area contributed by atoms with E-state index in [9.17, 15) is 8.42 Å². The van der Waals surface area contributed by atoms with E-state index in [1.807, 2.05) is 19.1 Å². The molecule has 0 atom stereocenters. The van der Waals surface area contributed by atoms with Crippen molar-refractivity contribution >= 4 is 21.6 Å². The van der Waals surface area contributed by atoms with Gasteiger partial charge < -0.3 is 0 Å². The topological polar surface area (TPSA) is 46.2 Å². The summed E-state index contributed by atoms with van der Waals surface area (Å²) in [7, 11) is -3.46. The van der Waals surface area contributed by atoms with Crippen molar-refractivity contribution in [2.24, 2.45) is 0 Å². The maximum atomic E-state index is 12.2. The van der Waals surface area contributed by atoms with E-state index in [0.717, 1.165) is 24.0 Å². The number of hydrogen-bond acceptors (Lipinski definition) is 2. The van der Waals surface area contributed by atoms with Crippen LogP contribution in [0.15, 0.2) is 23.1 Å². The minimum Gasteiger partial charge on any atom is -0.207 e. The molecule has 1 aromatic rings. The van der Waals surface area contributed by atoms with Crippen LogP contribution in [0.3, 0.4) is 0 Å². The van der Waals surface area contributed by atoms with Gasteiger partial charge in [0.05, 0.1) is 4.90 Å². The first kappa shape index (κ1) is 12.9. The fraction of sp³-hybridized carbons (Fsp3) is 0.500. The number of nitrogens with one attached hydrogen (secondary N) is 1.